The van der Waals surface area contributed by atoms with Crippen molar-refractivity contribution >= 4 is 16.6 Å². The van der Waals surface area contributed by atoms with Gasteiger partial charge in [0.1, 0.15) is 0 Å². The number of aromatic amines is 1. The van der Waals surface area contributed by atoms with Crippen LogP contribution in [0, 0.1) is 0 Å². The second-order valence-electron chi connectivity index (χ2n) is 3.99. The van der Waals surface area contributed by atoms with Crippen molar-refractivity contribution in [2.45, 2.75) is 0 Å². The molecule has 1 saturated heterocycles. The summed E-state index contributed by atoms with van der Waals surface area (Å²) in [5.74, 6) is 0. The molecule has 2 N–H and O–H groups in total. The maximum absolute atomic E-state index is 3.37. The van der Waals surface area contributed by atoms with E-state index >= 15 is 0 Å². The highest BCUT2D eigenvalue weighted by Gasteiger charge is 2.10. The highest BCUT2D eigenvalue weighted by Crippen LogP contribution is 2.21. The van der Waals surface area contributed by atoms with Crippen LogP contribution in [0.5, 0.6) is 0 Å². The van der Waals surface area contributed by atoms with Crippen molar-refractivity contribution in [1.29, 1.82) is 0 Å². The fourth-order valence-electron chi connectivity index (χ4n) is 2.16. The predicted octanol–water partition coefficient (Wildman–Crippen LogP) is 1.58. The molecule has 1 aromatic carbocycles. The Kier molecular flexibility index (Phi) is 2.10. The van der Waals surface area contributed by atoms with E-state index in [9.17, 15) is 0 Å². The van der Waals surface area contributed by atoms with Crippen LogP contribution in [0.3, 0.4) is 0 Å². The number of anilines is 1. The van der Waals surface area contributed by atoms with Gasteiger partial charge in [0.2, 0.25) is 0 Å². The smallest absolute Gasteiger partial charge is 0.0474 e. The highest BCUT2D eigenvalue weighted by atomic mass is 15.2. The Morgan fingerprint density at radius 1 is 1.07 bits per heavy atom. The second-order valence-corrected chi connectivity index (χ2v) is 3.99. The van der Waals surface area contributed by atoms with E-state index in [1.54, 1.807) is 0 Å². The van der Waals surface area contributed by atoms with Gasteiger partial charge in [0.05, 0.1) is 0 Å². The summed E-state index contributed by atoms with van der Waals surface area (Å²) in [6.07, 6.45) is 1.99. The van der Waals surface area contributed by atoms with Crippen LogP contribution in [-0.4, -0.2) is 31.2 Å². The van der Waals surface area contributed by atoms with Gasteiger partial charge in [0, 0.05) is 43.6 Å². The number of fused-ring (bicyclic) bond motifs is 1. The second kappa shape index (κ2) is 3.59. The average Bonchev–Trinajstić information content (AvgIpc) is 2.77. The third kappa shape index (κ3) is 1.59. The molecule has 3 rings (SSSR count). The van der Waals surface area contributed by atoms with Crippen LogP contribution in [-0.2, 0) is 0 Å². The summed E-state index contributed by atoms with van der Waals surface area (Å²) in [7, 11) is 0. The number of hydrogen-bond acceptors (Lipinski definition) is 2. The Labute approximate surface area is 89.1 Å². The number of H-pyrrole nitrogens is 1. The average molecular weight is 201 g/mol. The lowest BCUT2D eigenvalue weighted by molar-refractivity contribution is 0.589. The first-order valence-electron chi connectivity index (χ1n) is 5.46. The first-order valence-corrected chi connectivity index (χ1v) is 5.46. The number of piperazine rings is 1. The summed E-state index contributed by atoms with van der Waals surface area (Å²) in [4.78, 5) is 5.68. The van der Waals surface area contributed by atoms with Gasteiger partial charge < -0.3 is 15.2 Å². The number of nitrogens with zero attached hydrogens (tertiary/aromatic N) is 1. The number of benzene rings is 1. The van der Waals surface area contributed by atoms with Crippen molar-refractivity contribution in [1.82, 2.24) is 10.3 Å². The third-order valence-corrected chi connectivity index (χ3v) is 3.02. The first kappa shape index (κ1) is 8.80. The fraction of sp³-hybridized carbons (Fsp3) is 0.333. The molecule has 0 unspecified atom stereocenters. The number of rotatable bonds is 1. The molecular formula is C12H15N3. The summed E-state index contributed by atoms with van der Waals surface area (Å²) < 4.78 is 0. The summed E-state index contributed by atoms with van der Waals surface area (Å²) >= 11 is 0. The van der Waals surface area contributed by atoms with Crippen molar-refractivity contribution in [3.8, 4) is 0 Å². The molecule has 0 bridgehead atoms. The van der Waals surface area contributed by atoms with Crippen LogP contribution >= 0.6 is 0 Å². The zero-order valence-corrected chi connectivity index (χ0v) is 8.66. The minimum atomic E-state index is 1.09. The van der Waals surface area contributed by atoms with E-state index < -0.39 is 0 Å². The van der Waals surface area contributed by atoms with Crippen molar-refractivity contribution < 1.29 is 0 Å². The fourth-order valence-corrected chi connectivity index (χ4v) is 2.16. The van der Waals surface area contributed by atoms with Gasteiger partial charge in [0.25, 0.3) is 0 Å². The van der Waals surface area contributed by atoms with Crippen molar-refractivity contribution in [3.05, 3.63) is 30.5 Å². The molecule has 0 amide bonds. The zero-order valence-electron chi connectivity index (χ0n) is 8.66. The Morgan fingerprint density at radius 3 is 2.80 bits per heavy atom. The van der Waals surface area contributed by atoms with E-state index in [2.05, 4.69) is 39.5 Å². The summed E-state index contributed by atoms with van der Waals surface area (Å²) in [5, 5.41) is 4.65. The molecule has 2 heterocycles. The van der Waals surface area contributed by atoms with Crippen LogP contribution in [0.2, 0.25) is 0 Å². The molecule has 0 radical (unpaired) electrons. The van der Waals surface area contributed by atoms with Crippen LogP contribution < -0.4 is 10.2 Å². The summed E-state index contributed by atoms with van der Waals surface area (Å²) in [6, 6.07) is 8.74. The van der Waals surface area contributed by atoms with Crippen LogP contribution in [0.4, 0.5) is 5.69 Å². The van der Waals surface area contributed by atoms with Crippen LogP contribution in [0.25, 0.3) is 10.9 Å². The molecule has 1 aromatic heterocycles. The maximum Gasteiger partial charge on any atom is 0.0474 e. The van der Waals surface area contributed by atoms with Gasteiger partial charge in [0.15, 0.2) is 0 Å². The molecule has 2 aromatic rings. The molecule has 3 nitrogen and oxygen atoms in total. The Bertz CT molecular complexity index is 455. The van der Waals surface area contributed by atoms with Crippen LogP contribution in [0.15, 0.2) is 30.5 Å². The van der Waals surface area contributed by atoms with Crippen molar-refractivity contribution in [2.24, 2.45) is 0 Å². The molecule has 78 valence electrons. The van der Waals surface area contributed by atoms with Gasteiger partial charge in [-0.05, 0) is 23.6 Å². The predicted molar refractivity (Wildman–Crippen MR) is 63.4 cm³/mol. The largest absolute Gasteiger partial charge is 0.369 e. The lowest BCUT2D eigenvalue weighted by atomic mass is 10.2. The van der Waals surface area contributed by atoms with E-state index in [0.717, 1.165) is 26.2 Å². The van der Waals surface area contributed by atoms with Gasteiger partial charge in [-0.15, -0.1) is 0 Å². The Morgan fingerprint density at radius 2 is 1.93 bits per heavy atom. The summed E-state index contributed by atoms with van der Waals surface area (Å²) in [5.41, 5.74) is 2.55. The lowest BCUT2D eigenvalue weighted by Crippen LogP contribution is -2.43. The Balaban J connectivity index is 1.95. The van der Waals surface area contributed by atoms with E-state index in [1.807, 2.05) is 6.20 Å². The third-order valence-electron chi connectivity index (χ3n) is 3.02. The van der Waals surface area contributed by atoms with Gasteiger partial charge in [-0.25, -0.2) is 0 Å². The monoisotopic (exact) mass is 201 g/mol. The zero-order chi connectivity index (χ0) is 10.1. The van der Waals surface area contributed by atoms with E-state index in [1.165, 1.54) is 16.6 Å². The molecule has 0 saturated carbocycles. The number of aromatic nitrogens is 1. The molecule has 1 fully saturated rings. The van der Waals surface area contributed by atoms with Gasteiger partial charge >= 0.3 is 0 Å². The lowest BCUT2D eigenvalue weighted by Gasteiger charge is -2.29. The minimum Gasteiger partial charge on any atom is -0.369 e. The Hall–Kier alpha value is -1.48. The van der Waals surface area contributed by atoms with Gasteiger partial charge in [-0.1, -0.05) is 6.07 Å². The number of nitrogens with one attached hydrogen (secondary N) is 2. The van der Waals surface area contributed by atoms with Crippen LogP contribution in [0.1, 0.15) is 0 Å². The van der Waals surface area contributed by atoms with Gasteiger partial charge in [-0.3, -0.25) is 0 Å². The SMILES string of the molecule is c1cc2ccc(N3CCNCC3)cc2[nH]1. The minimum absolute atomic E-state index is 1.09. The maximum atomic E-state index is 3.37. The molecular weight excluding hydrogens is 186 g/mol. The van der Waals surface area contributed by atoms with Gasteiger partial charge in [-0.2, -0.15) is 0 Å². The molecule has 0 spiro atoms. The van der Waals surface area contributed by atoms with Crippen molar-refractivity contribution in [2.75, 3.05) is 31.1 Å². The normalized spacial score (nSPS) is 17.2. The van der Waals surface area contributed by atoms with E-state index in [-0.39, 0.29) is 0 Å². The quantitative estimate of drug-likeness (QED) is 0.734. The molecule has 3 heteroatoms. The molecule has 1 aliphatic heterocycles. The molecule has 1 aliphatic rings. The van der Waals surface area contributed by atoms with E-state index in [4.69, 9.17) is 0 Å². The standard InChI is InChI=1S/C12H15N3/c1-2-11(15-7-5-13-6-8-15)9-12-10(1)3-4-14-12/h1-4,9,13-14H,5-8H2. The number of hydrogen-bond donors (Lipinski definition) is 2. The summed E-state index contributed by atoms with van der Waals surface area (Å²) in [6.45, 7) is 4.38. The molecule has 0 aliphatic carbocycles. The molecule has 0 atom stereocenters. The highest BCUT2D eigenvalue weighted by molar-refractivity contribution is 5.83. The topological polar surface area (TPSA) is 31.1 Å². The van der Waals surface area contributed by atoms with Crippen molar-refractivity contribution in [3.63, 3.8) is 0 Å². The molecule has 15 heavy (non-hydrogen) atoms. The van der Waals surface area contributed by atoms with E-state index in [0.29, 0.717) is 0 Å². The first-order chi connectivity index (χ1) is 7.43.